The standard InChI is InChI=1S/C15H21N3O2/c1-4-11(3)8-13(5-2)17-14-7-6-12(10-16)9-15(14)18(19)20/h6-7,9,11,13,17H,4-5,8H2,1-3H3. The molecule has 1 rings (SSSR count). The molecule has 5 nitrogen and oxygen atoms in total. The predicted octanol–water partition coefficient (Wildman–Crippen LogP) is 4.09. The summed E-state index contributed by atoms with van der Waals surface area (Å²) in [7, 11) is 0. The molecule has 2 atom stereocenters. The van der Waals surface area contributed by atoms with E-state index in [9.17, 15) is 10.1 Å². The van der Waals surface area contributed by atoms with Crippen molar-refractivity contribution in [3.63, 3.8) is 0 Å². The molecule has 5 heteroatoms. The minimum Gasteiger partial charge on any atom is -0.377 e. The molecule has 20 heavy (non-hydrogen) atoms. The summed E-state index contributed by atoms with van der Waals surface area (Å²) in [6.07, 6.45) is 2.97. The summed E-state index contributed by atoms with van der Waals surface area (Å²) in [5.74, 6) is 0.574. The number of nitrogens with zero attached hydrogens (tertiary/aromatic N) is 2. The fraction of sp³-hybridized carbons (Fsp3) is 0.533. The number of hydrogen-bond donors (Lipinski definition) is 1. The van der Waals surface area contributed by atoms with Crippen LogP contribution in [0.2, 0.25) is 0 Å². The van der Waals surface area contributed by atoms with E-state index >= 15 is 0 Å². The fourth-order valence-corrected chi connectivity index (χ4v) is 2.07. The van der Waals surface area contributed by atoms with Crippen molar-refractivity contribution in [3.05, 3.63) is 33.9 Å². The highest BCUT2D eigenvalue weighted by molar-refractivity contribution is 5.64. The maximum atomic E-state index is 11.1. The molecule has 0 aliphatic heterocycles. The number of nitrogens with one attached hydrogen (secondary N) is 1. The third-order valence-electron chi connectivity index (χ3n) is 3.56. The molecule has 0 aliphatic rings. The van der Waals surface area contributed by atoms with Gasteiger partial charge in [-0.2, -0.15) is 5.26 Å². The summed E-state index contributed by atoms with van der Waals surface area (Å²) in [5, 5.41) is 23.2. The van der Waals surface area contributed by atoms with Crippen LogP contribution in [0.4, 0.5) is 11.4 Å². The van der Waals surface area contributed by atoms with E-state index in [1.165, 1.54) is 6.07 Å². The van der Waals surface area contributed by atoms with Gasteiger partial charge in [-0.1, -0.05) is 27.2 Å². The molecule has 108 valence electrons. The number of rotatable bonds is 7. The Labute approximate surface area is 119 Å². The van der Waals surface area contributed by atoms with Gasteiger partial charge in [0, 0.05) is 12.1 Å². The fourth-order valence-electron chi connectivity index (χ4n) is 2.07. The van der Waals surface area contributed by atoms with Crippen LogP contribution in [0.25, 0.3) is 0 Å². The van der Waals surface area contributed by atoms with Crippen molar-refractivity contribution in [2.24, 2.45) is 5.92 Å². The van der Waals surface area contributed by atoms with Crippen molar-refractivity contribution >= 4 is 11.4 Å². The molecule has 0 bridgehead atoms. The van der Waals surface area contributed by atoms with Gasteiger partial charge in [-0.15, -0.1) is 0 Å². The molecule has 0 aromatic heterocycles. The average molecular weight is 275 g/mol. The zero-order valence-electron chi connectivity index (χ0n) is 12.2. The van der Waals surface area contributed by atoms with Gasteiger partial charge in [-0.05, 0) is 30.9 Å². The summed E-state index contributed by atoms with van der Waals surface area (Å²) >= 11 is 0. The Hall–Kier alpha value is -2.09. The lowest BCUT2D eigenvalue weighted by molar-refractivity contribution is -0.384. The van der Waals surface area contributed by atoms with Crippen molar-refractivity contribution in [2.75, 3.05) is 5.32 Å². The molecule has 0 aliphatic carbocycles. The van der Waals surface area contributed by atoms with E-state index in [-0.39, 0.29) is 11.7 Å². The van der Waals surface area contributed by atoms with E-state index in [0.717, 1.165) is 19.3 Å². The first-order valence-electron chi connectivity index (χ1n) is 6.96. The molecule has 2 unspecified atom stereocenters. The Morgan fingerprint density at radius 2 is 2.10 bits per heavy atom. The van der Waals surface area contributed by atoms with Crippen molar-refractivity contribution in [3.8, 4) is 6.07 Å². The second-order valence-electron chi connectivity index (χ2n) is 5.10. The smallest absolute Gasteiger partial charge is 0.293 e. The van der Waals surface area contributed by atoms with Crippen molar-refractivity contribution in [1.82, 2.24) is 0 Å². The van der Waals surface area contributed by atoms with E-state index < -0.39 is 4.92 Å². The first-order valence-corrected chi connectivity index (χ1v) is 6.96. The summed E-state index contributed by atoms with van der Waals surface area (Å²) in [6, 6.07) is 6.67. The Kier molecular flexibility index (Phi) is 5.98. The maximum Gasteiger partial charge on any atom is 0.293 e. The Balaban J connectivity index is 2.95. The Bertz CT molecular complexity index is 508. The number of nitriles is 1. The molecule has 0 heterocycles. The van der Waals surface area contributed by atoms with Gasteiger partial charge in [0.25, 0.3) is 5.69 Å². The second kappa shape index (κ2) is 7.49. The zero-order valence-corrected chi connectivity index (χ0v) is 12.2. The number of nitro groups is 1. The van der Waals surface area contributed by atoms with Crippen LogP contribution in [-0.2, 0) is 0 Å². The lowest BCUT2D eigenvalue weighted by Crippen LogP contribution is -2.21. The van der Waals surface area contributed by atoms with Crippen LogP contribution in [0.5, 0.6) is 0 Å². The first-order chi connectivity index (χ1) is 9.51. The van der Waals surface area contributed by atoms with Gasteiger partial charge in [0.05, 0.1) is 16.6 Å². The van der Waals surface area contributed by atoms with E-state index in [0.29, 0.717) is 17.2 Å². The van der Waals surface area contributed by atoms with Crippen LogP contribution < -0.4 is 5.32 Å². The average Bonchev–Trinajstić information content (AvgIpc) is 2.46. The quantitative estimate of drug-likeness (QED) is 0.600. The third-order valence-corrected chi connectivity index (χ3v) is 3.56. The summed E-state index contributed by atoms with van der Waals surface area (Å²) in [6.45, 7) is 6.38. The lowest BCUT2D eigenvalue weighted by Gasteiger charge is -2.21. The molecule has 1 N–H and O–H groups in total. The molecule has 0 amide bonds. The topological polar surface area (TPSA) is 79.0 Å². The normalized spacial score (nSPS) is 13.3. The van der Waals surface area contributed by atoms with Crippen LogP contribution in [0, 0.1) is 27.4 Å². The molecule has 0 saturated carbocycles. The predicted molar refractivity (Wildman–Crippen MR) is 79.6 cm³/mol. The van der Waals surface area contributed by atoms with E-state index in [2.05, 4.69) is 26.1 Å². The van der Waals surface area contributed by atoms with Crippen LogP contribution in [0.15, 0.2) is 18.2 Å². The van der Waals surface area contributed by atoms with Crippen molar-refractivity contribution < 1.29 is 4.92 Å². The molecule has 0 saturated heterocycles. The van der Waals surface area contributed by atoms with Gasteiger partial charge >= 0.3 is 0 Å². The summed E-state index contributed by atoms with van der Waals surface area (Å²) in [5.41, 5.74) is 0.757. The molecular formula is C15H21N3O2. The first kappa shape index (κ1) is 16.0. The number of hydrogen-bond acceptors (Lipinski definition) is 4. The molecule has 0 fully saturated rings. The van der Waals surface area contributed by atoms with Gasteiger partial charge in [0.2, 0.25) is 0 Å². The molecule has 0 radical (unpaired) electrons. The van der Waals surface area contributed by atoms with Crippen LogP contribution in [0.3, 0.4) is 0 Å². The van der Waals surface area contributed by atoms with Crippen molar-refractivity contribution in [2.45, 2.75) is 46.1 Å². The maximum absolute atomic E-state index is 11.1. The zero-order chi connectivity index (χ0) is 15.1. The van der Waals surface area contributed by atoms with Gasteiger partial charge in [-0.3, -0.25) is 10.1 Å². The lowest BCUT2D eigenvalue weighted by atomic mass is 9.97. The molecular weight excluding hydrogens is 254 g/mol. The van der Waals surface area contributed by atoms with E-state index in [4.69, 9.17) is 5.26 Å². The van der Waals surface area contributed by atoms with Gasteiger partial charge in [0.1, 0.15) is 5.69 Å². The molecule has 1 aromatic rings. The van der Waals surface area contributed by atoms with Gasteiger partial charge in [-0.25, -0.2) is 0 Å². The van der Waals surface area contributed by atoms with Gasteiger partial charge < -0.3 is 5.32 Å². The minimum atomic E-state index is -0.445. The molecule has 1 aromatic carbocycles. The van der Waals surface area contributed by atoms with Crippen molar-refractivity contribution in [1.29, 1.82) is 5.26 Å². The highest BCUT2D eigenvalue weighted by atomic mass is 16.6. The van der Waals surface area contributed by atoms with Gasteiger partial charge in [0.15, 0.2) is 0 Å². The molecule has 0 spiro atoms. The Morgan fingerprint density at radius 3 is 2.60 bits per heavy atom. The second-order valence-corrected chi connectivity index (χ2v) is 5.10. The number of benzene rings is 1. The van der Waals surface area contributed by atoms with E-state index in [1.807, 2.05) is 6.07 Å². The monoisotopic (exact) mass is 275 g/mol. The summed E-state index contributed by atoms with van der Waals surface area (Å²) in [4.78, 5) is 10.6. The largest absolute Gasteiger partial charge is 0.377 e. The highest BCUT2D eigenvalue weighted by Gasteiger charge is 2.18. The number of nitro benzene ring substituents is 1. The van der Waals surface area contributed by atoms with Crippen LogP contribution >= 0.6 is 0 Å². The Morgan fingerprint density at radius 1 is 1.40 bits per heavy atom. The van der Waals surface area contributed by atoms with Crippen LogP contribution in [0.1, 0.15) is 45.6 Å². The van der Waals surface area contributed by atoms with Crippen LogP contribution in [-0.4, -0.2) is 11.0 Å². The number of anilines is 1. The third kappa shape index (κ3) is 4.23. The SMILES string of the molecule is CCC(C)CC(CC)Nc1ccc(C#N)cc1[N+](=O)[O-]. The summed E-state index contributed by atoms with van der Waals surface area (Å²) < 4.78 is 0. The van der Waals surface area contributed by atoms with E-state index in [1.54, 1.807) is 12.1 Å². The highest BCUT2D eigenvalue weighted by Crippen LogP contribution is 2.27. The minimum absolute atomic E-state index is 0.0355.